The summed E-state index contributed by atoms with van der Waals surface area (Å²) >= 11 is 1.72. The summed E-state index contributed by atoms with van der Waals surface area (Å²) in [6.07, 6.45) is 3.14. The molecular weight excluding hydrogens is 394 g/mol. The number of hydrogen-bond acceptors (Lipinski definition) is 5. The minimum Gasteiger partial charge on any atom is -0.493 e. The first-order chi connectivity index (χ1) is 14.6. The van der Waals surface area contributed by atoms with Gasteiger partial charge in [0, 0.05) is 35.9 Å². The summed E-state index contributed by atoms with van der Waals surface area (Å²) in [5, 5.41) is 9.91. The molecule has 3 rings (SSSR count). The van der Waals surface area contributed by atoms with Gasteiger partial charge in [0.1, 0.15) is 5.75 Å². The Bertz CT molecular complexity index is 772. The van der Waals surface area contributed by atoms with Crippen LogP contribution in [0, 0.1) is 11.8 Å². The summed E-state index contributed by atoms with van der Waals surface area (Å²) in [5.74, 6) is 1.87. The van der Waals surface area contributed by atoms with Crippen molar-refractivity contribution in [3.05, 3.63) is 53.6 Å². The second-order valence-corrected chi connectivity index (χ2v) is 9.46. The predicted molar refractivity (Wildman–Crippen MR) is 125 cm³/mol. The van der Waals surface area contributed by atoms with Crippen LogP contribution in [-0.2, 0) is 17.8 Å². The monoisotopic (exact) mass is 429 g/mol. The standard InChI is InChI=1S/C25H35NO3S/c1-4-20-5-7-23(8-6-20)26(16-19(2)3)30-24-9-10-25(22(15-24)17-27)29-18-21-11-13-28-14-12-21/h5-10,15,19,21,27H,4,11-14,16-18H2,1-3H3. The molecule has 0 aromatic heterocycles. The molecule has 2 aromatic carbocycles. The van der Waals surface area contributed by atoms with Crippen LogP contribution >= 0.6 is 11.9 Å². The second kappa shape index (κ2) is 11.6. The number of nitrogens with zero attached hydrogens (tertiary/aromatic N) is 1. The minimum atomic E-state index is -0.0209. The Kier molecular flexibility index (Phi) is 8.91. The molecule has 1 aliphatic heterocycles. The fourth-order valence-corrected chi connectivity index (χ4v) is 4.73. The molecule has 0 bridgehead atoms. The fraction of sp³-hybridized carbons (Fsp3) is 0.520. The van der Waals surface area contributed by atoms with Gasteiger partial charge in [0.2, 0.25) is 0 Å². The van der Waals surface area contributed by atoms with Gasteiger partial charge in [-0.1, -0.05) is 32.9 Å². The molecule has 1 heterocycles. The van der Waals surface area contributed by atoms with Crippen LogP contribution in [0.4, 0.5) is 5.69 Å². The molecule has 30 heavy (non-hydrogen) atoms. The summed E-state index contributed by atoms with van der Waals surface area (Å²) in [5.41, 5.74) is 3.40. The lowest BCUT2D eigenvalue weighted by Gasteiger charge is -2.26. The van der Waals surface area contributed by atoms with Gasteiger partial charge in [-0.25, -0.2) is 0 Å². The fourth-order valence-electron chi connectivity index (χ4n) is 3.55. The first kappa shape index (κ1) is 23.0. The van der Waals surface area contributed by atoms with E-state index in [-0.39, 0.29) is 6.61 Å². The van der Waals surface area contributed by atoms with Gasteiger partial charge in [-0.15, -0.1) is 0 Å². The van der Waals surface area contributed by atoms with Crippen LogP contribution in [0.3, 0.4) is 0 Å². The summed E-state index contributed by atoms with van der Waals surface area (Å²) in [6.45, 7) is 9.91. The second-order valence-electron chi connectivity index (χ2n) is 8.36. The van der Waals surface area contributed by atoms with Crippen molar-refractivity contribution in [3.8, 4) is 5.75 Å². The number of hydrogen-bond donors (Lipinski definition) is 1. The molecule has 1 N–H and O–H groups in total. The third kappa shape index (κ3) is 6.66. The Labute approximate surface area is 185 Å². The van der Waals surface area contributed by atoms with E-state index in [4.69, 9.17) is 9.47 Å². The molecule has 0 unspecified atom stereocenters. The third-order valence-electron chi connectivity index (χ3n) is 5.40. The van der Waals surface area contributed by atoms with E-state index in [1.54, 1.807) is 11.9 Å². The van der Waals surface area contributed by atoms with Crippen molar-refractivity contribution >= 4 is 17.6 Å². The molecule has 2 aromatic rings. The zero-order valence-corrected chi connectivity index (χ0v) is 19.3. The molecule has 1 saturated heterocycles. The molecule has 1 aliphatic rings. The normalized spacial score (nSPS) is 14.8. The summed E-state index contributed by atoms with van der Waals surface area (Å²) in [7, 11) is 0. The number of rotatable bonds is 10. The van der Waals surface area contributed by atoms with Gasteiger partial charge in [-0.2, -0.15) is 0 Å². The van der Waals surface area contributed by atoms with Crippen molar-refractivity contribution in [3.63, 3.8) is 0 Å². The lowest BCUT2D eigenvalue weighted by molar-refractivity contribution is 0.0494. The van der Waals surface area contributed by atoms with E-state index in [0.717, 1.165) is 55.2 Å². The Morgan fingerprint density at radius 2 is 1.87 bits per heavy atom. The highest BCUT2D eigenvalue weighted by Crippen LogP contribution is 2.33. The number of aryl methyl sites for hydroxylation is 1. The lowest BCUT2D eigenvalue weighted by atomic mass is 10.0. The van der Waals surface area contributed by atoms with Gasteiger partial charge in [0.05, 0.1) is 13.2 Å². The van der Waals surface area contributed by atoms with Gasteiger partial charge in [0.25, 0.3) is 0 Å². The molecule has 0 spiro atoms. The van der Waals surface area contributed by atoms with E-state index in [1.165, 1.54) is 11.3 Å². The molecule has 0 radical (unpaired) electrons. The summed E-state index contributed by atoms with van der Waals surface area (Å²) in [6, 6.07) is 15.0. The highest BCUT2D eigenvalue weighted by Gasteiger charge is 2.16. The van der Waals surface area contributed by atoms with Gasteiger partial charge in [-0.05, 0) is 78.9 Å². The van der Waals surface area contributed by atoms with Crippen LogP contribution in [0.1, 0.15) is 44.7 Å². The van der Waals surface area contributed by atoms with Gasteiger partial charge < -0.3 is 18.9 Å². The number of benzene rings is 2. The molecule has 5 heteroatoms. The van der Waals surface area contributed by atoms with Crippen LogP contribution in [0.2, 0.25) is 0 Å². The highest BCUT2D eigenvalue weighted by molar-refractivity contribution is 8.00. The van der Waals surface area contributed by atoms with Crippen molar-refractivity contribution < 1.29 is 14.6 Å². The van der Waals surface area contributed by atoms with E-state index in [0.29, 0.717) is 18.4 Å². The van der Waals surface area contributed by atoms with Crippen LogP contribution in [0.5, 0.6) is 5.75 Å². The number of ether oxygens (including phenoxy) is 2. The largest absolute Gasteiger partial charge is 0.493 e. The van der Waals surface area contributed by atoms with Crippen molar-refractivity contribution in [1.29, 1.82) is 0 Å². The zero-order chi connectivity index (χ0) is 21.3. The van der Waals surface area contributed by atoms with E-state index >= 15 is 0 Å². The molecular formula is C25H35NO3S. The maximum atomic E-state index is 9.91. The molecule has 1 fully saturated rings. The molecule has 0 amide bonds. The van der Waals surface area contributed by atoms with Crippen molar-refractivity contribution in [2.75, 3.05) is 30.7 Å². The van der Waals surface area contributed by atoms with Crippen LogP contribution < -0.4 is 9.04 Å². The van der Waals surface area contributed by atoms with Gasteiger partial charge in [0.15, 0.2) is 0 Å². The average Bonchev–Trinajstić information content (AvgIpc) is 2.78. The van der Waals surface area contributed by atoms with Crippen LogP contribution in [-0.4, -0.2) is 31.5 Å². The zero-order valence-electron chi connectivity index (χ0n) is 18.5. The first-order valence-electron chi connectivity index (χ1n) is 11.1. The first-order valence-corrected chi connectivity index (χ1v) is 11.8. The number of aliphatic hydroxyl groups is 1. The number of aliphatic hydroxyl groups excluding tert-OH is 1. The summed E-state index contributed by atoms with van der Waals surface area (Å²) in [4.78, 5) is 1.11. The molecule has 0 atom stereocenters. The van der Waals surface area contributed by atoms with E-state index in [2.05, 4.69) is 61.5 Å². The Hall–Kier alpha value is -1.69. The average molecular weight is 430 g/mol. The van der Waals surface area contributed by atoms with Crippen LogP contribution in [0.15, 0.2) is 47.4 Å². The molecule has 0 saturated carbocycles. The highest BCUT2D eigenvalue weighted by atomic mass is 32.2. The van der Waals surface area contributed by atoms with E-state index in [1.807, 2.05) is 6.07 Å². The Morgan fingerprint density at radius 1 is 1.13 bits per heavy atom. The molecule has 0 aliphatic carbocycles. The SMILES string of the molecule is CCc1ccc(N(CC(C)C)Sc2ccc(OCC3CCOCC3)c(CO)c2)cc1. The quantitative estimate of drug-likeness (QED) is 0.490. The van der Waals surface area contributed by atoms with Crippen molar-refractivity contribution in [2.45, 2.75) is 51.5 Å². The number of anilines is 1. The maximum absolute atomic E-state index is 9.91. The smallest absolute Gasteiger partial charge is 0.124 e. The predicted octanol–water partition coefficient (Wildman–Crippen LogP) is 5.72. The van der Waals surface area contributed by atoms with Gasteiger partial charge in [-0.3, -0.25) is 0 Å². The Morgan fingerprint density at radius 3 is 2.50 bits per heavy atom. The third-order valence-corrected chi connectivity index (χ3v) is 6.44. The van der Waals surface area contributed by atoms with Crippen molar-refractivity contribution in [2.24, 2.45) is 11.8 Å². The molecule has 164 valence electrons. The van der Waals surface area contributed by atoms with Crippen LogP contribution in [0.25, 0.3) is 0 Å². The topological polar surface area (TPSA) is 41.9 Å². The lowest BCUT2D eigenvalue weighted by Crippen LogP contribution is -2.21. The molecule has 4 nitrogen and oxygen atoms in total. The van der Waals surface area contributed by atoms with E-state index < -0.39 is 0 Å². The van der Waals surface area contributed by atoms with E-state index in [9.17, 15) is 5.11 Å². The maximum Gasteiger partial charge on any atom is 0.124 e. The Balaban J connectivity index is 1.70. The van der Waals surface area contributed by atoms with Crippen molar-refractivity contribution in [1.82, 2.24) is 0 Å². The summed E-state index contributed by atoms with van der Waals surface area (Å²) < 4.78 is 13.8. The minimum absolute atomic E-state index is 0.0209. The van der Waals surface area contributed by atoms with Gasteiger partial charge >= 0.3 is 0 Å².